The first-order valence-corrected chi connectivity index (χ1v) is 7.75. The first-order chi connectivity index (χ1) is 9.19. The molecule has 0 aliphatic carbocycles. The maximum absolute atomic E-state index is 12.5. The van der Waals surface area contributed by atoms with Crippen LogP contribution in [0.4, 0.5) is 0 Å². The largest absolute Gasteiger partial charge is 0.243 e. The predicted molar refractivity (Wildman–Crippen MR) is 74.1 cm³/mol. The third-order valence-corrected chi connectivity index (χ3v) is 5.43. The SMILES string of the molecule is O=S(=O)(c1ccccc1)N1CC[C@H]1c1ccccc1. The monoisotopic (exact) mass is 273 g/mol. The highest BCUT2D eigenvalue weighted by molar-refractivity contribution is 7.89. The molecule has 0 saturated carbocycles. The molecule has 0 spiro atoms. The molecular weight excluding hydrogens is 258 g/mol. The first kappa shape index (κ1) is 12.4. The van der Waals surface area contributed by atoms with E-state index in [1.165, 1.54) is 0 Å². The van der Waals surface area contributed by atoms with Crippen LogP contribution in [0.1, 0.15) is 18.0 Å². The van der Waals surface area contributed by atoms with Crippen LogP contribution >= 0.6 is 0 Å². The molecule has 1 atom stereocenters. The van der Waals surface area contributed by atoms with Gasteiger partial charge in [-0.3, -0.25) is 0 Å². The van der Waals surface area contributed by atoms with E-state index >= 15 is 0 Å². The lowest BCUT2D eigenvalue weighted by atomic mass is 9.98. The van der Waals surface area contributed by atoms with Gasteiger partial charge in [0.25, 0.3) is 0 Å². The summed E-state index contributed by atoms with van der Waals surface area (Å²) in [5, 5.41) is 0. The lowest BCUT2D eigenvalue weighted by Crippen LogP contribution is -2.44. The zero-order valence-electron chi connectivity index (χ0n) is 10.4. The average molecular weight is 273 g/mol. The van der Waals surface area contributed by atoms with Crippen molar-refractivity contribution in [3.05, 3.63) is 66.2 Å². The van der Waals surface area contributed by atoms with E-state index in [2.05, 4.69) is 0 Å². The maximum Gasteiger partial charge on any atom is 0.243 e. The Bertz CT molecular complexity index is 653. The highest BCUT2D eigenvalue weighted by atomic mass is 32.2. The maximum atomic E-state index is 12.5. The van der Waals surface area contributed by atoms with Crippen molar-refractivity contribution in [2.24, 2.45) is 0 Å². The summed E-state index contributed by atoms with van der Waals surface area (Å²) in [7, 11) is -3.37. The van der Waals surface area contributed by atoms with Crippen LogP contribution in [0.25, 0.3) is 0 Å². The van der Waals surface area contributed by atoms with Gasteiger partial charge in [-0.15, -0.1) is 0 Å². The molecule has 0 N–H and O–H groups in total. The van der Waals surface area contributed by atoms with Gasteiger partial charge in [-0.2, -0.15) is 4.31 Å². The summed E-state index contributed by atoms with van der Waals surface area (Å²) in [4.78, 5) is 0.371. The van der Waals surface area contributed by atoms with Gasteiger partial charge in [0.2, 0.25) is 10.0 Å². The fourth-order valence-corrected chi connectivity index (χ4v) is 4.07. The number of hydrogen-bond donors (Lipinski definition) is 0. The zero-order chi connectivity index (χ0) is 13.3. The van der Waals surface area contributed by atoms with Crippen molar-refractivity contribution in [3.63, 3.8) is 0 Å². The topological polar surface area (TPSA) is 37.4 Å². The van der Waals surface area contributed by atoms with Crippen LogP contribution in [0, 0.1) is 0 Å². The van der Waals surface area contributed by atoms with E-state index < -0.39 is 10.0 Å². The molecule has 3 nitrogen and oxygen atoms in total. The Morgan fingerprint density at radius 3 is 2.00 bits per heavy atom. The van der Waals surface area contributed by atoms with Crippen LogP contribution < -0.4 is 0 Å². The lowest BCUT2D eigenvalue weighted by molar-refractivity contribution is 0.202. The van der Waals surface area contributed by atoms with E-state index in [9.17, 15) is 8.42 Å². The molecular formula is C15H15NO2S. The Kier molecular flexibility index (Phi) is 3.12. The Morgan fingerprint density at radius 2 is 1.47 bits per heavy atom. The third kappa shape index (κ3) is 2.17. The Hall–Kier alpha value is -1.65. The highest BCUT2D eigenvalue weighted by Gasteiger charge is 2.39. The summed E-state index contributed by atoms with van der Waals surface area (Å²) in [5.41, 5.74) is 1.06. The van der Waals surface area contributed by atoms with Crippen molar-refractivity contribution in [1.29, 1.82) is 0 Å². The van der Waals surface area contributed by atoms with Crippen molar-refractivity contribution in [2.75, 3.05) is 6.54 Å². The van der Waals surface area contributed by atoms with E-state index in [0.717, 1.165) is 12.0 Å². The van der Waals surface area contributed by atoms with Crippen LogP contribution in [0.5, 0.6) is 0 Å². The van der Waals surface area contributed by atoms with Crippen LogP contribution in [-0.4, -0.2) is 19.3 Å². The minimum absolute atomic E-state index is 0.0218. The highest BCUT2D eigenvalue weighted by Crippen LogP contribution is 2.37. The Morgan fingerprint density at radius 1 is 0.895 bits per heavy atom. The van der Waals surface area contributed by atoms with Crippen molar-refractivity contribution >= 4 is 10.0 Å². The quantitative estimate of drug-likeness (QED) is 0.862. The number of rotatable bonds is 3. The normalized spacial score (nSPS) is 19.9. The smallest absolute Gasteiger partial charge is 0.207 e. The predicted octanol–water partition coefficient (Wildman–Crippen LogP) is 2.82. The second-order valence-electron chi connectivity index (χ2n) is 4.64. The van der Waals surface area contributed by atoms with Gasteiger partial charge in [0.05, 0.1) is 10.9 Å². The first-order valence-electron chi connectivity index (χ1n) is 6.31. The summed E-state index contributed by atoms with van der Waals surface area (Å²) in [6.45, 7) is 0.594. The molecule has 98 valence electrons. The molecule has 0 bridgehead atoms. The fourth-order valence-electron chi connectivity index (χ4n) is 2.39. The molecule has 0 radical (unpaired) electrons. The minimum atomic E-state index is -3.37. The van der Waals surface area contributed by atoms with Gasteiger partial charge < -0.3 is 0 Å². The van der Waals surface area contributed by atoms with Gasteiger partial charge in [0, 0.05) is 6.54 Å². The van der Waals surface area contributed by atoms with E-state index in [4.69, 9.17) is 0 Å². The number of hydrogen-bond acceptors (Lipinski definition) is 2. The summed E-state index contributed by atoms with van der Waals surface area (Å²) in [6.07, 6.45) is 0.885. The Labute approximate surface area is 113 Å². The molecule has 3 rings (SSSR count). The van der Waals surface area contributed by atoms with Gasteiger partial charge >= 0.3 is 0 Å². The summed E-state index contributed by atoms with van der Waals surface area (Å²) >= 11 is 0. The molecule has 1 aliphatic rings. The molecule has 1 saturated heterocycles. The van der Waals surface area contributed by atoms with Crippen molar-refractivity contribution in [1.82, 2.24) is 4.31 Å². The second kappa shape index (κ2) is 4.79. The molecule has 2 aromatic carbocycles. The molecule has 2 aromatic rings. The van der Waals surface area contributed by atoms with Gasteiger partial charge in [0.15, 0.2) is 0 Å². The molecule has 19 heavy (non-hydrogen) atoms. The van der Waals surface area contributed by atoms with Gasteiger partial charge in [-0.1, -0.05) is 48.5 Å². The Balaban J connectivity index is 1.92. The number of benzene rings is 2. The molecule has 4 heteroatoms. The molecule has 0 amide bonds. The van der Waals surface area contributed by atoms with E-state index in [1.54, 1.807) is 28.6 Å². The third-order valence-electron chi connectivity index (χ3n) is 3.50. The standard InChI is InChI=1S/C15H15NO2S/c17-19(18,14-9-5-2-6-10-14)16-12-11-15(16)13-7-3-1-4-8-13/h1-10,15H,11-12H2/t15-/m0/s1. The minimum Gasteiger partial charge on any atom is -0.207 e. The second-order valence-corrected chi connectivity index (χ2v) is 6.53. The molecule has 1 aliphatic heterocycles. The van der Waals surface area contributed by atoms with Crippen LogP contribution in [0.3, 0.4) is 0 Å². The van der Waals surface area contributed by atoms with Crippen LogP contribution in [0.15, 0.2) is 65.6 Å². The van der Waals surface area contributed by atoms with Crippen molar-refractivity contribution in [3.8, 4) is 0 Å². The molecule has 0 unspecified atom stereocenters. The van der Waals surface area contributed by atoms with E-state index in [1.807, 2.05) is 36.4 Å². The van der Waals surface area contributed by atoms with Gasteiger partial charge in [-0.25, -0.2) is 8.42 Å². The number of nitrogens with zero attached hydrogens (tertiary/aromatic N) is 1. The average Bonchev–Trinajstić information content (AvgIpc) is 2.39. The van der Waals surface area contributed by atoms with Crippen LogP contribution in [0.2, 0.25) is 0 Å². The number of sulfonamides is 1. The van der Waals surface area contributed by atoms with Gasteiger partial charge in [0.1, 0.15) is 0 Å². The lowest BCUT2D eigenvalue weighted by Gasteiger charge is -2.39. The van der Waals surface area contributed by atoms with E-state index in [-0.39, 0.29) is 6.04 Å². The molecule has 1 fully saturated rings. The summed E-state index contributed by atoms with van der Waals surface area (Å²) in [6, 6.07) is 18.4. The molecule has 0 aromatic heterocycles. The fraction of sp³-hybridized carbons (Fsp3) is 0.200. The van der Waals surface area contributed by atoms with E-state index in [0.29, 0.717) is 11.4 Å². The zero-order valence-corrected chi connectivity index (χ0v) is 11.3. The van der Waals surface area contributed by atoms with Crippen molar-refractivity contribution < 1.29 is 8.42 Å². The van der Waals surface area contributed by atoms with Gasteiger partial charge in [-0.05, 0) is 24.1 Å². The molecule has 1 heterocycles. The van der Waals surface area contributed by atoms with Crippen LogP contribution in [-0.2, 0) is 10.0 Å². The summed E-state index contributed by atoms with van der Waals surface area (Å²) in [5.74, 6) is 0. The summed E-state index contributed by atoms with van der Waals surface area (Å²) < 4.78 is 26.6. The van der Waals surface area contributed by atoms with Crippen molar-refractivity contribution in [2.45, 2.75) is 17.4 Å².